The molecule has 1 fully saturated rings. The number of carbonyl (C=O) groups is 1. The van der Waals surface area contributed by atoms with Gasteiger partial charge in [-0.15, -0.1) is 0 Å². The second-order valence-electron chi connectivity index (χ2n) is 5.49. The fourth-order valence-corrected chi connectivity index (χ4v) is 3.74. The number of hydrogen-bond donors (Lipinski definition) is 1. The standard InChI is InChI=1S/C16H21BrO2/c1-3-11(4-2)13-7-6-12(10-14(13)17)16(15(18)19)8-5-9-16/h6-7,10-11H,3-5,8-9H2,1-2H3,(H,18,19). The molecule has 1 saturated carbocycles. The molecule has 0 heterocycles. The first-order chi connectivity index (χ1) is 9.05. The molecule has 0 atom stereocenters. The highest BCUT2D eigenvalue weighted by atomic mass is 79.9. The van der Waals surface area contributed by atoms with Crippen molar-refractivity contribution in [3.8, 4) is 0 Å². The Hall–Kier alpha value is -0.830. The molecule has 3 heteroatoms. The number of rotatable bonds is 5. The van der Waals surface area contributed by atoms with Gasteiger partial charge in [-0.3, -0.25) is 4.79 Å². The Morgan fingerprint density at radius 3 is 2.37 bits per heavy atom. The number of benzene rings is 1. The molecule has 0 unspecified atom stereocenters. The molecule has 19 heavy (non-hydrogen) atoms. The number of carboxylic acid groups (broad SMARTS) is 1. The van der Waals surface area contributed by atoms with E-state index in [1.54, 1.807) is 0 Å². The Labute approximate surface area is 123 Å². The average molecular weight is 325 g/mol. The van der Waals surface area contributed by atoms with Crippen LogP contribution in [0.25, 0.3) is 0 Å². The first kappa shape index (κ1) is 14.6. The summed E-state index contributed by atoms with van der Waals surface area (Å²) in [5, 5.41) is 9.48. The van der Waals surface area contributed by atoms with E-state index in [1.807, 2.05) is 12.1 Å². The maximum Gasteiger partial charge on any atom is 0.314 e. The van der Waals surface area contributed by atoms with Gasteiger partial charge in [0.1, 0.15) is 0 Å². The van der Waals surface area contributed by atoms with Gasteiger partial charge in [0.05, 0.1) is 5.41 Å². The van der Waals surface area contributed by atoms with Gasteiger partial charge < -0.3 is 5.11 Å². The third-order valence-electron chi connectivity index (χ3n) is 4.59. The smallest absolute Gasteiger partial charge is 0.314 e. The molecule has 1 aliphatic rings. The van der Waals surface area contributed by atoms with Crippen LogP contribution in [0.1, 0.15) is 63.0 Å². The lowest BCUT2D eigenvalue weighted by Gasteiger charge is -2.38. The SMILES string of the molecule is CCC(CC)c1ccc(C2(C(=O)O)CCC2)cc1Br. The van der Waals surface area contributed by atoms with Crippen LogP contribution in [-0.4, -0.2) is 11.1 Å². The van der Waals surface area contributed by atoms with Crippen LogP contribution in [0.2, 0.25) is 0 Å². The van der Waals surface area contributed by atoms with Gasteiger partial charge in [0.15, 0.2) is 0 Å². The molecule has 2 rings (SSSR count). The van der Waals surface area contributed by atoms with Gasteiger partial charge in [-0.25, -0.2) is 0 Å². The first-order valence-corrected chi connectivity index (χ1v) is 7.87. The molecule has 104 valence electrons. The van der Waals surface area contributed by atoms with E-state index in [4.69, 9.17) is 0 Å². The molecule has 0 spiro atoms. The minimum Gasteiger partial charge on any atom is -0.481 e. The normalized spacial score (nSPS) is 17.3. The van der Waals surface area contributed by atoms with Crippen molar-refractivity contribution < 1.29 is 9.90 Å². The summed E-state index contributed by atoms with van der Waals surface area (Å²) in [7, 11) is 0. The van der Waals surface area contributed by atoms with Gasteiger partial charge in [0.25, 0.3) is 0 Å². The Bertz CT molecular complexity index is 474. The Balaban J connectivity index is 2.36. The van der Waals surface area contributed by atoms with E-state index in [9.17, 15) is 9.90 Å². The topological polar surface area (TPSA) is 37.3 Å². The lowest BCUT2D eigenvalue weighted by atomic mass is 9.64. The zero-order valence-electron chi connectivity index (χ0n) is 11.6. The van der Waals surface area contributed by atoms with Crippen molar-refractivity contribution in [3.05, 3.63) is 33.8 Å². The first-order valence-electron chi connectivity index (χ1n) is 7.08. The molecule has 0 amide bonds. The van der Waals surface area contributed by atoms with Gasteiger partial charge in [-0.05, 0) is 48.8 Å². The van der Waals surface area contributed by atoms with Gasteiger partial charge in [-0.1, -0.05) is 48.3 Å². The van der Waals surface area contributed by atoms with E-state index >= 15 is 0 Å². The fourth-order valence-electron chi connectivity index (χ4n) is 3.04. The summed E-state index contributed by atoms with van der Waals surface area (Å²) in [6, 6.07) is 6.16. The van der Waals surface area contributed by atoms with Crippen LogP contribution >= 0.6 is 15.9 Å². The maximum atomic E-state index is 11.5. The highest BCUT2D eigenvalue weighted by Gasteiger charge is 2.46. The zero-order valence-corrected chi connectivity index (χ0v) is 13.2. The number of hydrogen-bond acceptors (Lipinski definition) is 1. The largest absolute Gasteiger partial charge is 0.481 e. The van der Waals surface area contributed by atoms with Gasteiger partial charge in [0, 0.05) is 4.47 Å². The summed E-state index contributed by atoms with van der Waals surface area (Å²) in [4.78, 5) is 11.5. The lowest BCUT2D eigenvalue weighted by molar-refractivity contribution is -0.147. The van der Waals surface area contributed by atoms with Gasteiger partial charge >= 0.3 is 5.97 Å². The zero-order chi connectivity index (χ0) is 14.0. The minimum atomic E-state index is -0.680. The van der Waals surface area contributed by atoms with E-state index in [2.05, 4.69) is 35.8 Å². The summed E-state index contributed by atoms with van der Waals surface area (Å²) in [5.74, 6) is -0.133. The molecule has 0 saturated heterocycles. The van der Waals surface area contributed by atoms with Crippen molar-refractivity contribution in [2.24, 2.45) is 0 Å². The van der Waals surface area contributed by atoms with Crippen molar-refractivity contribution in [2.75, 3.05) is 0 Å². The summed E-state index contributed by atoms with van der Waals surface area (Å²) >= 11 is 3.63. The van der Waals surface area contributed by atoms with Crippen LogP contribution in [-0.2, 0) is 10.2 Å². The molecule has 1 aromatic carbocycles. The Morgan fingerprint density at radius 2 is 2.00 bits per heavy atom. The summed E-state index contributed by atoms with van der Waals surface area (Å²) < 4.78 is 1.06. The van der Waals surface area contributed by atoms with E-state index < -0.39 is 11.4 Å². The third kappa shape index (κ3) is 2.45. The second kappa shape index (κ2) is 5.66. The van der Waals surface area contributed by atoms with E-state index in [0.29, 0.717) is 5.92 Å². The van der Waals surface area contributed by atoms with Gasteiger partial charge in [0.2, 0.25) is 0 Å². The number of carboxylic acids is 1. The maximum absolute atomic E-state index is 11.5. The fraction of sp³-hybridized carbons (Fsp3) is 0.562. The highest BCUT2D eigenvalue weighted by Crippen LogP contribution is 2.45. The van der Waals surface area contributed by atoms with Crippen molar-refractivity contribution in [3.63, 3.8) is 0 Å². The molecule has 1 aromatic rings. The van der Waals surface area contributed by atoms with Crippen LogP contribution in [0.5, 0.6) is 0 Å². The van der Waals surface area contributed by atoms with Crippen molar-refractivity contribution >= 4 is 21.9 Å². The third-order valence-corrected chi connectivity index (χ3v) is 5.28. The molecule has 0 bridgehead atoms. The highest BCUT2D eigenvalue weighted by molar-refractivity contribution is 9.10. The van der Waals surface area contributed by atoms with Crippen LogP contribution in [0.15, 0.2) is 22.7 Å². The average Bonchev–Trinajstić information content (AvgIpc) is 2.31. The Kier molecular flexibility index (Phi) is 4.34. The van der Waals surface area contributed by atoms with Crippen molar-refractivity contribution in [1.82, 2.24) is 0 Å². The Morgan fingerprint density at radius 1 is 1.37 bits per heavy atom. The predicted molar refractivity (Wildman–Crippen MR) is 80.6 cm³/mol. The minimum absolute atomic E-state index is 0.547. The van der Waals surface area contributed by atoms with Gasteiger partial charge in [-0.2, -0.15) is 0 Å². The summed E-state index contributed by atoms with van der Waals surface area (Å²) in [6.07, 6.45) is 4.76. The number of halogens is 1. The molecular formula is C16H21BrO2. The number of aliphatic carboxylic acids is 1. The molecule has 0 radical (unpaired) electrons. The van der Waals surface area contributed by atoms with E-state index in [1.165, 1.54) is 5.56 Å². The lowest BCUT2D eigenvalue weighted by Crippen LogP contribution is -2.42. The predicted octanol–water partition coefficient (Wildman–Crippen LogP) is 4.86. The second-order valence-corrected chi connectivity index (χ2v) is 6.34. The van der Waals surface area contributed by atoms with Crippen LogP contribution in [0.3, 0.4) is 0 Å². The van der Waals surface area contributed by atoms with Crippen molar-refractivity contribution in [1.29, 1.82) is 0 Å². The molecule has 0 aromatic heterocycles. The van der Waals surface area contributed by atoms with Crippen LogP contribution in [0, 0.1) is 0 Å². The van der Waals surface area contributed by atoms with Crippen LogP contribution < -0.4 is 0 Å². The molecule has 1 aliphatic carbocycles. The summed E-state index contributed by atoms with van der Waals surface area (Å²) in [6.45, 7) is 4.39. The molecule has 0 aliphatic heterocycles. The van der Waals surface area contributed by atoms with Crippen LogP contribution in [0.4, 0.5) is 0 Å². The van der Waals surface area contributed by atoms with Crippen molar-refractivity contribution in [2.45, 2.75) is 57.3 Å². The molecular weight excluding hydrogens is 304 g/mol. The summed E-state index contributed by atoms with van der Waals surface area (Å²) in [5.41, 5.74) is 1.62. The van der Waals surface area contributed by atoms with E-state index in [-0.39, 0.29) is 0 Å². The van der Waals surface area contributed by atoms with E-state index in [0.717, 1.165) is 42.1 Å². The monoisotopic (exact) mass is 324 g/mol. The molecule has 2 nitrogen and oxygen atoms in total. The quantitative estimate of drug-likeness (QED) is 0.839. The molecule has 1 N–H and O–H groups in total.